The molecule has 108 valence electrons. The first-order valence-electron chi connectivity index (χ1n) is 6.29. The van der Waals surface area contributed by atoms with Gasteiger partial charge in [0.05, 0.1) is 4.90 Å². The predicted octanol–water partition coefficient (Wildman–Crippen LogP) is 2.81. The van der Waals surface area contributed by atoms with E-state index in [1.54, 1.807) is 12.1 Å². The van der Waals surface area contributed by atoms with Crippen LogP contribution in [0.5, 0.6) is 0 Å². The summed E-state index contributed by atoms with van der Waals surface area (Å²) in [7, 11) is -3.50. The Balaban J connectivity index is 2.01. The first-order chi connectivity index (χ1) is 9.38. The lowest BCUT2D eigenvalue weighted by Gasteiger charge is -2.07. The van der Waals surface area contributed by atoms with Crippen LogP contribution in [0.1, 0.15) is 17.0 Å². The van der Waals surface area contributed by atoms with Crippen LogP contribution in [-0.4, -0.2) is 19.9 Å². The van der Waals surface area contributed by atoms with Crippen LogP contribution in [0.25, 0.3) is 0 Å². The normalized spacial score (nSPS) is 11.8. The quantitative estimate of drug-likeness (QED) is 0.891. The number of hydrogen-bond acceptors (Lipinski definition) is 2. The zero-order chi connectivity index (χ0) is 14.8. The summed E-state index contributed by atoms with van der Waals surface area (Å²) >= 11 is 5.81. The summed E-state index contributed by atoms with van der Waals surface area (Å²) in [6.07, 6.45) is 0.649. The Labute approximate surface area is 124 Å². The maximum atomic E-state index is 12.1. The van der Waals surface area contributed by atoms with E-state index in [2.05, 4.69) is 9.71 Å². The monoisotopic (exact) mass is 312 g/mol. The fraction of sp³-hybridized carbons (Fsp3) is 0.286. The Bertz CT molecular complexity index is 708. The number of rotatable bonds is 5. The molecule has 1 heterocycles. The highest BCUT2D eigenvalue weighted by Gasteiger charge is 2.13. The minimum atomic E-state index is -3.50. The number of hydrogen-bond donors (Lipinski definition) is 2. The molecule has 1 aromatic heterocycles. The summed E-state index contributed by atoms with van der Waals surface area (Å²) in [5, 5.41) is 0.407. The average molecular weight is 313 g/mol. The number of sulfonamides is 1. The molecule has 1 aromatic carbocycles. The molecular formula is C14H17ClN2O2S. The zero-order valence-electron chi connectivity index (χ0n) is 11.4. The van der Waals surface area contributed by atoms with Crippen LogP contribution in [0.15, 0.2) is 35.2 Å². The average Bonchev–Trinajstić information content (AvgIpc) is 2.68. The van der Waals surface area contributed by atoms with E-state index in [0.717, 1.165) is 17.0 Å². The standard InChI is InChI=1S/C14H17ClN2O2S/c1-10-8-12(11(2)17-10)6-7-16-20(18,19)14-5-3-4-13(15)9-14/h3-5,8-9,16-17H,6-7H2,1-2H3. The number of halogens is 1. The molecule has 0 aliphatic rings. The van der Waals surface area contributed by atoms with Crippen molar-refractivity contribution in [1.29, 1.82) is 0 Å². The topological polar surface area (TPSA) is 62.0 Å². The molecule has 0 bridgehead atoms. The van der Waals surface area contributed by atoms with Crippen molar-refractivity contribution in [3.8, 4) is 0 Å². The van der Waals surface area contributed by atoms with Gasteiger partial charge in [0.2, 0.25) is 10.0 Å². The van der Waals surface area contributed by atoms with E-state index in [9.17, 15) is 8.42 Å². The third kappa shape index (κ3) is 3.62. The molecule has 0 saturated carbocycles. The highest BCUT2D eigenvalue weighted by Crippen LogP contribution is 2.15. The van der Waals surface area contributed by atoms with Crippen LogP contribution in [-0.2, 0) is 16.4 Å². The summed E-state index contributed by atoms with van der Waals surface area (Å²) in [5.41, 5.74) is 3.27. The molecule has 0 unspecified atom stereocenters. The SMILES string of the molecule is Cc1cc(CCNS(=O)(=O)c2cccc(Cl)c2)c(C)[nH]1. The van der Waals surface area contributed by atoms with Crippen LogP contribution >= 0.6 is 11.6 Å². The second kappa shape index (κ2) is 5.99. The molecule has 0 radical (unpaired) electrons. The summed E-state index contributed by atoms with van der Waals surface area (Å²) in [6.45, 7) is 4.31. The molecule has 2 aromatic rings. The molecule has 0 aliphatic heterocycles. The molecule has 6 heteroatoms. The number of H-pyrrole nitrogens is 1. The van der Waals surface area contributed by atoms with Gasteiger partial charge in [-0.1, -0.05) is 17.7 Å². The Kier molecular flexibility index (Phi) is 4.52. The smallest absolute Gasteiger partial charge is 0.240 e. The van der Waals surface area contributed by atoms with Crippen LogP contribution in [0.2, 0.25) is 5.02 Å². The van der Waals surface area contributed by atoms with Gasteiger partial charge in [0.15, 0.2) is 0 Å². The van der Waals surface area contributed by atoms with Crippen LogP contribution < -0.4 is 4.72 Å². The van der Waals surface area contributed by atoms with Gasteiger partial charge in [-0.25, -0.2) is 13.1 Å². The Morgan fingerprint density at radius 2 is 2.00 bits per heavy atom. The molecule has 2 N–H and O–H groups in total. The number of aromatic amines is 1. The summed E-state index contributed by atoms with van der Waals surface area (Å²) in [4.78, 5) is 3.39. The summed E-state index contributed by atoms with van der Waals surface area (Å²) < 4.78 is 26.8. The van der Waals surface area contributed by atoms with Gasteiger partial charge in [0, 0.05) is 23.0 Å². The fourth-order valence-corrected chi connectivity index (χ4v) is 3.41. The van der Waals surface area contributed by atoms with Crippen molar-refractivity contribution in [2.45, 2.75) is 25.2 Å². The lowest BCUT2D eigenvalue weighted by atomic mass is 10.2. The maximum Gasteiger partial charge on any atom is 0.240 e. The third-order valence-corrected chi connectivity index (χ3v) is 4.74. The minimum absolute atomic E-state index is 0.187. The van der Waals surface area contributed by atoms with Gasteiger partial charge in [0.1, 0.15) is 0 Å². The lowest BCUT2D eigenvalue weighted by Crippen LogP contribution is -2.26. The molecule has 0 atom stereocenters. The van der Waals surface area contributed by atoms with Crippen molar-refractivity contribution in [3.63, 3.8) is 0 Å². The first-order valence-corrected chi connectivity index (χ1v) is 8.15. The van der Waals surface area contributed by atoms with E-state index in [-0.39, 0.29) is 4.90 Å². The number of benzene rings is 1. The number of aryl methyl sites for hydroxylation is 2. The summed E-state index contributed by atoms with van der Waals surface area (Å²) in [5.74, 6) is 0. The molecule has 4 nitrogen and oxygen atoms in total. The second-order valence-electron chi connectivity index (χ2n) is 4.71. The largest absolute Gasteiger partial charge is 0.362 e. The molecule has 0 fully saturated rings. The van der Waals surface area contributed by atoms with E-state index >= 15 is 0 Å². The molecule has 2 rings (SSSR count). The summed E-state index contributed by atoms with van der Waals surface area (Å²) in [6, 6.07) is 8.27. The van der Waals surface area contributed by atoms with Crippen molar-refractivity contribution >= 4 is 21.6 Å². The molecule has 0 amide bonds. The fourth-order valence-electron chi connectivity index (χ4n) is 2.08. The zero-order valence-corrected chi connectivity index (χ0v) is 13.0. The third-order valence-electron chi connectivity index (χ3n) is 3.05. The minimum Gasteiger partial charge on any atom is -0.362 e. The molecule has 0 aliphatic carbocycles. The number of nitrogens with one attached hydrogen (secondary N) is 2. The number of aromatic nitrogens is 1. The Morgan fingerprint density at radius 1 is 1.25 bits per heavy atom. The van der Waals surface area contributed by atoms with E-state index in [1.165, 1.54) is 12.1 Å². The van der Waals surface area contributed by atoms with E-state index < -0.39 is 10.0 Å². The van der Waals surface area contributed by atoms with Gasteiger partial charge in [-0.05, 0) is 50.1 Å². The van der Waals surface area contributed by atoms with Crippen molar-refractivity contribution < 1.29 is 8.42 Å². The highest BCUT2D eigenvalue weighted by atomic mass is 35.5. The van der Waals surface area contributed by atoms with Gasteiger partial charge in [-0.2, -0.15) is 0 Å². The second-order valence-corrected chi connectivity index (χ2v) is 6.91. The van der Waals surface area contributed by atoms with Crippen LogP contribution in [0.3, 0.4) is 0 Å². The van der Waals surface area contributed by atoms with Crippen LogP contribution in [0.4, 0.5) is 0 Å². The molecule has 20 heavy (non-hydrogen) atoms. The van der Waals surface area contributed by atoms with Crippen molar-refractivity contribution in [3.05, 3.63) is 52.3 Å². The maximum absolute atomic E-state index is 12.1. The van der Waals surface area contributed by atoms with Gasteiger partial charge < -0.3 is 4.98 Å². The lowest BCUT2D eigenvalue weighted by molar-refractivity contribution is 0.581. The van der Waals surface area contributed by atoms with Gasteiger partial charge in [-0.15, -0.1) is 0 Å². The highest BCUT2D eigenvalue weighted by molar-refractivity contribution is 7.89. The van der Waals surface area contributed by atoms with Gasteiger partial charge in [-0.3, -0.25) is 0 Å². The van der Waals surface area contributed by atoms with E-state index in [0.29, 0.717) is 18.0 Å². The van der Waals surface area contributed by atoms with Crippen molar-refractivity contribution in [2.75, 3.05) is 6.54 Å². The van der Waals surface area contributed by atoms with Gasteiger partial charge in [0.25, 0.3) is 0 Å². The van der Waals surface area contributed by atoms with Crippen LogP contribution in [0, 0.1) is 13.8 Å². The van der Waals surface area contributed by atoms with Gasteiger partial charge >= 0.3 is 0 Å². The molecule has 0 saturated heterocycles. The Hall–Kier alpha value is -1.30. The molecule has 0 spiro atoms. The molecular weight excluding hydrogens is 296 g/mol. The van der Waals surface area contributed by atoms with Crippen molar-refractivity contribution in [2.24, 2.45) is 0 Å². The van der Waals surface area contributed by atoms with E-state index in [1.807, 2.05) is 19.9 Å². The van der Waals surface area contributed by atoms with Crippen molar-refractivity contribution in [1.82, 2.24) is 9.71 Å². The Morgan fingerprint density at radius 3 is 2.60 bits per heavy atom. The van der Waals surface area contributed by atoms with E-state index in [4.69, 9.17) is 11.6 Å². The predicted molar refractivity (Wildman–Crippen MR) is 80.6 cm³/mol. The first kappa shape index (κ1) is 15.1.